The van der Waals surface area contributed by atoms with Crippen molar-refractivity contribution in [2.75, 3.05) is 26.2 Å². The third kappa shape index (κ3) is 4.20. The Morgan fingerprint density at radius 1 is 0.929 bits per heavy atom. The van der Waals surface area contributed by atoms with E-state index in [1.54, 1.807) is 10.5 Å². The summed E-state index contributed by atoms with van der Waals surface area (Å²) < 4.78 is 27.0. The zero-order chi connectivity index (χ0) is 19.6. The van der Waals surface area contributed by atoms with Crippen LogP contribution in [0.4, 0.5) is 0 Å². The summed E-state index contributed by atoms with van der Waals surface area (Å²) in [5.74, 6) is 0.0485. The molecule has 0 aliphatic carbocycles. The van der Waals surface area contributed by atoms with Gasteiger partial charge in [0.05, 0.1) is 11.3 Å². The van der Waals surface area contributed by atoms with Gasteiger partial charge in [-0.25, -0.2) is 8.42 Å². The fourth-order valence-electron chi connectivity index (χ4n) is 3.60. The minimum absolute atomic E-state index is 0.0485. The number of halogens is 1. The van der Waals surface area contributed by atoms with Gasteiger partial charge in [-0.2, -0.15) is 4.31 Å². The Kier molecular flexibility index (Phi) is 5.64. The molecular weight excluding hydrogens is 394 g/mol. The minimum atomic E-state index is -3.31. The van der Waals surface area contributed by atoms with Gasteiger partial charge >= 0.3 is 0 Å². The van der Waals surface area contributed by atoms with Gasteiger partial charge in [0.1, 0.15) is 0 Å². The van der Waals surface area contributed by atoms with E-state index in [2.05, 4.69) is 9.88 Å². The molecule has 1 aliphatic heterocycles. The lowest BCUT2D eigenvalue weighted by molar-refractivity contribution is 0.182. The van der Waals surface area contributed by atoms with Crippen molar-refractivity contribution in [1.29, 1.82) is 0 Å². The van der Waals surface area contributed by atoms with E-state index >= 15 is 0 Å². The highest BCUT2D eigenvalue weighted by molar-refractivity contribution is 7.88. The SMILES string of the molecule is O=S(=O)(Cc1ccccc1)N1CCN(Cc2c(Cl)ccc3cccnc23)CC1. The number of hydrogen-bond donors (Lipinski definition) is 0. The first kappa shape index (κ1) is 19.3. The van der Waals surface area contributed by atoms with Crippen LogP contribution in [-0.2, 0) is 22.3 Å². The van der Waals surface area contributed by atoms with Crippen LogP contribution in [0.1, 0.15) is 11.1 Å². The molecule has 4 rings (SSSR count). The molecule has 1 aliphatic rings. The van der Waals surface area contributed by atoms with Gasteiger partial charge in [-0.1, -0.05) is 54.1 Å². The number of pyridine rings is 1. The van der Waals surface area contributed by atoms with Gasteiger partial charge in [0.15, 0.2) is 0 Å². The molecule has 1 saturated heterocycles. The van der Waals surface area contributed by atoms with Gasteiger partial charge in [-0.15, -0.1) is 0 Å². The van der Waals surface area contributed by atoms with Gasteiger partial charge in [0, 0.05) is 54.9 Å². The lowest BCUT2D eigenvalue weighted by atomic mass is 10.1. The Morgan fingerprint density at radius 2 is 1.68 bits per heavy atom. The van der Waals surface area contributed by atoms with Crippen LogP contribution in [0.15, 0.2) is 60.8 Å². The number of sulfonamides is 1. The highest BCUT2D eigenvalue weighted by Crippen LogP contribution is 2.26. The van der Waals surface area contributed by atoms with Gasteiger partial charge in [0.2, 0.25) is 10.0 Å². The van der Waals surface area contributed by atoms with Crippen molar-refractivity contribution >= 4 is 32.5 Å². The number of benzene rings is 2. The first-order valence-corrected chi connectivity index (χ1v) is 11.3. The summed E-state index contributed by atoms with van der Waals surface area (Å²) in [6.45, 7) is 3.00. The van der Waals surface area contributed by atoms with Crippen LogP contribution in [0, 0.1) is 0 Å². The number of piperazine rings is 1. The number of hydrogen-bond acceptors (Lipinski definition) is 4. The second-order valence-corrected chi connectivity index (χ2v) is 9.39. The second-order valence-electron chi connectivity index (χ2n) is 7.02. The third-order valence-electron chi connectivity index (χ3n) is 5.12. The van der Waals surface area contributed by atoms with Crippen molar-refractivity contribution in [3.63, 3.8) is 0 Å². The van der Waals surface area contributed by atoms with E-state index in [0.717, 1.165) is 22.0 Å². The largest absolute Gasteiger partial charge is 0.296 e. The van der Waals surface area contributed by atoms with Crippen LogP contribution >= 0.6 is 11.6 Å². The Labute approximate surface area is 170 Å². The summed E-state index contributed by atoms with van der Waals surface area (Å²) in [5, 5.41) is 1.76. The zero-order valence-corrected chi connectivity index (χ0v) is 17.0. The molecule has 0 spiro atoms. The summed E-state index contributed by atoms with van der Waals surface area (Å²) in [6, 6.07) is 17.1. The molecule has 2 aromatic carbocycles. The van der Waals surface area contributed by atoms with Crippen molar-refractivity contribution in [2.45, 2.75) is 12.3 Å². The van der Waals surface area contributed by atoms with Crippen LogP contribution in [-0.4, -0.2) is 48.8 Å². The Balaban J connectivity index is 1.43. The third-order valence-corrected chi connectivity index (χ3v) is 7.32. The van der Waals surface area contributed by atoms with Crippen LogP contribution in [0.2, 0.25) is 5.02 Å². The average molecular weight is 416 g/mol. The van der Waals surface area contributed by atoms with Gasteiger partial charge in [-0.3, -0.25) is 9.88 Å². The molecule has 1 aromatic heterocycles. The zero-order valence-electron chi connectivity index (χ0n) is 15.5. The van der Waals surface area contributed by atoms with E-state index in [1.165, 1.54) is 0 Å². The summed E-state index contributed by atoms with van der Waals surface area (Å²) in [5.41, 5.74) is 2.73. The molecule has 0 saturated carbocycles. The summed E-state index contributed by atoms with van der Waals surface area (Å²) in [6.07, 6.45) is 1.77. The van der Waals surface area contributed by atoms with Gasteiger partial charge < -0.3 is 0 Å². The van der Waals surface area contributed by atoms with Crippen LogP contribution in [0.25, 0.3) is 10.9 Å². The van der Waals surface area contributed by atoms with E-state index in [1.807, 2.05) is 54.6 Å². The molecule has 0 amide bonds. The van der Waals surface area contributed by atoms with Gasteiger partial charge in [-0.05, 0) is 17.7 Å². The minimum Gasteiger partial charge on any atom is -0.296 e. The van der Waals surface area contributed by atoms with E-state index in [9.17, 15) is 8.42 Å². The molecule has 5 nitrogen and oxygen atoms in total. The van der Waals surface area contributed by atoms with Crippen LogP contribution in [0.5, 0.6) is 0 Å². The number of aromatic nitrogens is 1. The smallest absolute Gasteiger partial charge is 0.218 e. The molecular formula is C21H22ClN3O2S. The Hall–Kier alpha value is -1.99. The second kappa shape index (κ2) is 8.17. The normalized spacial score (nSPS) is 16.5. The van der Waals surface area contributed by atoms with E-state index in [0.29, 0.717) is 37.7 Å². The standard InChI is InChI=1S/C21H22ClN3O2S/c22-20-9-8-18-7-4-10-23-21(18)19(20)15-24-11-13-25(14-12-24)28(26,27)16-17-5-2-1-3-6-17/h1-10H,11-16H2. The van der Waals surface area contributed by atoms with Crippen molar-refractivity contribution < 1.29 is 8.42 Å². The summed E-state index contributed by atoms with van der Waals surface area (Å²) >= 11 is 6.44. The Bertz CT molecular complexity index is 1070. The maximum Gasteiger partial charge on any atom is 0.218 e. The lowest BCUT2D eigenvalue weighted by Gasteiger charge is -2.34. The van der Waals surface area contributed by atoms with Crippen molar-refractivity contribution in [3.05, 3.63) is 76.9 Å². The van der Waals surface area contributed by atoms with Crippen molar-refractivity contribution in [3.8, 4) is 0 Å². The molecule has 146 valence electrons. The molecule has 28 heavy (non-hydrogen) atoms. The van der Waals surface area contributed by atoms with E-state index < -0.39 is 10.0 Å². The first-order chi connectivity index (χ1) is 13.5. The highest BCUT2D eigenvalue weighted by Gasteiger charge is 2.27. The number of nitrogens with zero attached hydrogens (tertiary/aromatic N) is 3. The van der Waals surface area contributed by atoms with Crippen LogP contribution in [0.3, 0.4) is 0 Å². The summed E-state index contributed by atoms with van der Waals surface area (Å²) in [4.78, 5) is 6.73. The molecule has 0 radical (unpaired) electrons. The fourth-order valence-corrected chi connectivity index (χ4v) is 5.33. The molecule has 3 aromatic rings. The molecule has 1 fully saturated rings. The van der Waals surface area contributed by atoms with Crippen LogP contribution < -0.4 is 0 Å². The highest BCUT2D eigenvalue weighted by atomic mass is 35.5. The monoisotopic (exact) mass is 415 g/mol. The number of rotatable bonds is 5. The molecule has 0 N–H and O–H groups in total. The molecule has 0 unspecified atom stereocenters. The van der Waals surface area contributed by atoms with Gasteiger partial charge in [0.25, 0.3) is 0 Å². The average Bonchev–Trinajstić information content (AvgIpc) is 2.71. The molecule has 7 heteroatoms. The topological polar surface area (TPSA) is 53.5 Å². The molecule has 2 heterocycles. The molecule has 0 bridgehead atoms. The lowest BCUT2D eigenvalue weighted by Crippen LogP contribution is -2.48. The maximum atomic E-state index is 12.7. The first-order valence-electron chi connectivity index (χ1n) is 9.29. The predicted octanol–water partition coefficient (Wildman–Crippen LogP) is 3.54. The quantitative estimate of drug-likeness (QED) is 0.639. The van der Waals surface area contributed by atoms with Crippen molar-refractivity contribution in [2.24, 2.45) is 0 Å². The molecule has 0 atom stereocenters. The predicted molar refractivity (Wildman–Crippen MR) is 113 cm³/mol. The fraction of sp³-hybridized carbons (Fsp3) is 0.286. The van der Waals surface area contributed by atoms with Crippen molar-refractivity contribution in [1.82, 2.24) is 14.2 Å². The Morgan fingerprint density at radius 3 is 2.43 bits per heavy atom. The maximum absolute atomic E-state index is 12.7. The summed E-state index contributed by atoms with van der Waals surface area (Å²) in [7, 11) is -3.31. The number of fused-ring (bicyclic) bond motifs is 1. The van der Waals surface area contributed by atoms with E-state index in [4.69, 9.17) is 11.6 Å². The van der Waals surface area contributed by atoms with E-state index in [-0.39, 0.29) is 5.75 Å².